The van der Waals surface area contributed by atoms with E-state index in [1.165, 1.54) is 9.80 Å². The normalized spacial score (nSPS) is 15.5. The second-order valence-corrected chi connectivity index (χ2v) is 5.35. The minimum absolute atomic E-state index is 0.0569. The topological polar surface area (TPSA) is 84.5 Å². The summed E-state index contributed by atoms with van der Waals surface area (Å²) in [4.78, 5) is 26.9. The van der Waals surface area contributed by atoms with Crippen LogP contribution < -0.4 is 10.6 Å². The minimum Gasteiger partial charge on any atom is -0.383 e. The number of anilines is 2. The van der Waals surface area contributed by atoms with Crippen LogP contribution in [0.4, 0.5) is 11.5 Å². The first-order valence-corrected chi connectivity index (χ1v) is 6.89. The highest BCUT2D eigenvalue weighted by Crippen LogP contribution is 2.29. The zero-order valence-corrected chi connectivity index (χ0v) is 12.5. The number of rotatable bonds is 2. The summed E-state index contributed by atoms with van der Waals surface area (Å²) in [5.41, 5.74) is 8.34. The molecule has 1 aromatic heterocycles. The van der Waals surface area contributed by atoms with Crippen molar-refractivity contribution in [2.45, 2.75) is 0 Å². The number of benzene rings is 1. The summed E-state index contributed by atoms with van der Waals surface area (Å²) in [5, 5.41) is 4.12. The maximum Gasteiger partial charge on any atom is 0.247 e. The van der Waals surface area contributed by atoms with Gasteiger partial charge < -0.3 is 15.5 Å². The number of likely N-dealkylation sites (N-methyl/N-ethyl adjacent to an activating group) is 1. The lowest BCUT2D eigenvalue weighted by Crippen LogP contribution is -2.52. The van der Waals surface area contributed by atoms with Gasteiger partial charge in [0.25, 0.3) is 0 Å². The number of nitrogens with zero attached hydrogens (tertiary/aromatic N) is 4. The van der Waals surface area contributed by atoms with Gasteiger partial charge in [0, 0.05) is 25.3 Å². The van der Waals surface area contributed by atoms with Gasteiger partial charge in [0.2, 0.25) is 11.8 Å². The van der Waals surface area contributed by atoms with Crippen molar-refractivity contribution in [1.29, 1.82) is 0 Å². The van der Waals surface area contributed by atoms with Crippen molar-refractivity contribution in [1.82, 2.24) is 14.7 Å². The fraction of sp³-hybridized carbons (Fsp3) is 0.267. The molecule has 0 spiro atoms. The number of amides is 2. The van der Waals surface area contributed by atoms with Gasteiger partial charge >= 0.3 is 0 Å². The van der Waals surface area contributed by atoms with Crippen molar-refractivity contribution in [3.63, 3.8) is 0 Å². The molecule has 1 saturated heterocycles. The van der Waals surface area contributed by atoms with Crippen LogP contribution in [-0.4, -0.2) is 46.6 Å². The van der Waals surface area contributed by atoms with E-state index < -0.39 is 0 Å². The lowest BCUT2D eigenvalue weighted by molar-refractivity contribution is -0.136. The standard InChI is InChI=1S/C15H17N5O2/c1-18-8-14(22)20(9-13(18)21)11-5-3-4-10(6-11)12-7-17-19(2)15(12)16/h3-7H,8-9,16H2,1-2H3. The van der Waals surface area contributed by atoms with E-state index in [2.05, 4.69) is 5.10 Å². The van der Waals surface area contributed by atoms with E-state index in [1.54, 1.807) is 25.0 Å². The predicted octanol–water partition coefficient (Wildman–Crippen LogP) is 0.474. The zero-order chi connectivity index (χ0) is 15.9. The van der Waals surface area contributed by atoms with Gasteiger partial charge in [-0.2, -0.15) is 5.10 Å². The van der Waals surface area contributed by atoms with Gasteiger partial charge in [0.1, 0.15) is 12.4 Å². The monoisotopic (exact) mass is 299 g/mol. The maximum absolute atomic E-state index is 12.2. The van der Waals surface area contributed by atoms with Crippen LogP contribution in [0.15, 0.2) is 30.5 Å². The Hall–Kier alpha value is -2.83. The van der Waals surface area contributed by atoms with Crippen molar-refractivity contribution in [3.05, 3.63) is 30.5 Å². The van der Waals surface area contributed by atoms with Gasteiger partial charge in [0.05, 0.1) is 12.7 Å². The summed E-state index contributed by atoms with van der Waals surface area (Å²) < 4.78 is 1.59. The molecule has 7 nitrogen and oxygen atoms in total. The molecule has 0 saturated carbocycles. The molecule has 1 aromatic carbocycles. The van der Waals surface area contributed by atoms with Gasteiger partial charge in [-0.1, -0.05) is 12.1 Å². The first-order chi connectivity index (χ1) is 10.5. The SMILES string of the molecule is CN1CC(=O)N(c2cccc(-c3cnn(C)c3N)c2)CC1=O. The van der Waals surface area contributed by atoms with E-state index in [-0.39, 0.29) is 24.9 Å². The van der Waals surface area contributed by atoms with Gasteiger partial charge in [0.15, 0.2) is 0 Å². The Kier molecular flexibility index (Phi) is 3.32. The number of piperazine rings is 1. The molecule has 2 amide bonds. The molecule has 0 aliphatic carbocycles. The number of carbonyl (C=O) groups excluding carboxylic acids is 2. The summed E-state index contributed by atoms with van der Waals surface area (Å²) in [6, 6.07) is 7.41. The Morgan fingerprint density at radius 2 is 1.91 bits per heavy atom. The fourth-order valence-corrected chi connectivity index (χ4v) is 2.47. The second-order valence-electron chi connectivity index (χ2n) is 5.35. The third kappa shape index (κ3) is 2.30. The first-order valence-electron chi connectivity index (χ1n) is 6.89. The highest BCUT2D eigenvalue weighted by atomic mass is 16.2. The third-order valence-corrected chi connectivity index (χ3v) is 3.85. The van der Waals surface area contributed by atoms with Crippen molar-refractivity contribution < 1.29 is 9.59 Å². The van der Waals surface area contributed by atoms with Crippen LogP contribution >= 0.6 is 0 Å². The molecule has 0 radical (unpaired) electrons. The molecule has 114 valence electrons. The number of nitrogen functional groups attached to an aromatic ring is 1. The number of carbonyl (C=O) groups is 2. The average Bonchev–Trinajstić information content (AvgIpc) is 2.83. The van der Waals surface area contributed by atoms with Gasteiger partial charge in [-0.05, 0) is 17.7 Å². The van der Waals surface area contributed by atoms with Gasteiger partial charge in [-0.15, -0.1) is 0 Å². The molecular weight excluding hydrogens is 282 g/mol. The summed E-state index contributed by atoms with van der Waals surface area (Å²) in [5.74, 6) is 0.377. The van der Waals surface area contributed by atoms with E-state index in [0.717, 1.165) is 11.1 Å². The van der Waals surface area contributed by atoms with E-state index in [9.17, 15) is 9.59 Å². The van der Waals surface area contributed by atoms with Crippen molar-refractivity contribution in [2.75, 3.05) is 30.8 Å². The van der Waals surface area contributed by atoms with Crippen LogP contribution in [0, 0.1) is 0 Å². The molecule has 2 N–H and O–H groups in total. The first kappa shape index (κ1) is 14.1. The highest BCUT2D eigenvalue weighted by Gasteiger charge is 2.28. The molecule has 3 rings (SSSR count). The molecule has 22 heavy (non-hydrogen) atoms. The smallest absolute Gasteiger partial charge is 0.247 e. The summed E-state index contributed by atoms with van der Waals surface area (Å²) in [6.45, 7) is 0.152. The lowest BCUT2D eigenvalue weighted by Gasteiger charge is -2.31. The van der Waals surface area contributed by atoms with E-state index in [1.807, 2.05) is 24.3 Å². The van der Waals surface area contributed by atoms with Crippen LogP contribution in [-0.2, 0) is 16.6 Å². The minimum atomic E-state index is -0.0987. The summed E-state index contributed by atoms with van der Waals surface area (Å²) in [6.07, 6.45) is 1.69. The van der Waals surface area contributed by atoms with Crippen molar-refractivity contribution >= 4 is 23.3 Å². The van der Waals surface area contributed by atoms with E-state index in [0.29, 0.717) is 11.5 Å². The molecule has 1 aliphatic rings. The third-order valence-electron chi connectivity index (χ3n) is 3.85. The highest BCUT2D eigenvalue weighted by molar-refractivity contribution is 6.04. The van der Waals surface area contributed by atoms with Crippen molar-refractivity contribution in [2.24, 2.45) is 7.05 Å². The quantitative estimate of drug-likeness (QED) is 0.874. The Morgan fingerprint density at radius 1 is 1.14 bits per heavy atom. The molecular formula is C15H17N5O2. The van der Waals surface area contributed by atoms with Crippen LogP contribution in [0.25, 0.3) is 11.1 Å². The number of nitrogens with two attached hydrogens (primary N) is 1. The molecule has 1 fully saturated rings. The molecule has 0 atom stereocenters. The molecule has 2 heterocycles. The van der Waals surface area contributed by atoms with E-state index in [4.69, 9.17) is 5.73 Å². The second kappa shape index (κ2) is 5.18. The van der Waals surface area contributed by atoms with Crippen LogP contribution in [0.2, 0.25) is 0 Å². The Morgan fingerprint density at radius 3 is 2.59 bits per heavy atom. The number of hydrogen-bond acceptors (Lipinski definition) is 4. The number of aryl methyl sites for hydroxylation is 1. The molecule has 1 aliphatic heterocycles. The predicted molar refractivity (Wildman–Crippen MR) is 83.0 cm³/mol. The summed E-state index contributed by atoms with van der Waals surface area (Å²) >= 11 is 0. The molecule has 0 unspecified atom stereocenters. The number of aromatic nitrogens is 2. The zero-order valence-electron chi connectivity index (χ0n) is 12.5. The molecule has 7 heteroatoms. The lowest BCUT2D eigenvalue weighted by atomic mass is 10.1. The summed E-state index contributed by atoms with van der Waals surface area (Å²) in [7, 11) is 3.40. The van der Waals surface area contributed by atoms with Crippen LogP contribution in [0.3, 0.4) is 0 Å². The average molecular weight is 299 g/mol. The van der Waals surface area contributed by atoms with Crippen LogP contribution in [0.5, 0.6) is 0 Å². The van der Waals surface area contributed by atoms with Crippen LogP contribution in [0.1, 0.15) is 0 Å². The van der Waals surface area contributed by atoms with Gasteiger partial charge in [-0.3, -0.25) is 14.3 Å². The fourth-order valence-electron chi connectivity index (χ4n) is 2.47. The van der Waals surface area contributed by atoms with E-state index >= 15 is 0 Å². The van der Waals surface area contributed by atoms with Gasteiger partial charge in [-0.25, -0.2) is 0 Å². The molecule has 0 bridgehead atoms. The number of hydrogen-bond donors (Lipinski definition) is 1. The largest absolute Gasteiger partial charge is 0.383 e. The maximum atomic E-state index is 12.2. The van der Waals surface area contributed by atoms with Crippen molar-refractivity contribution in [3.8, 4) is 11.1 Å². The molecule has 2 aromatic rings. The Labute approximate surface area is 127 Å². The Bertz CT molecular complexity index is 752. The Balaban J connectivity index is 1.96.